The van der Waals surface area contributed by atoms with Crippen molar-refractivity contribution in [2.45, 2.75) is 38.6 Å². The molecule has 1 saturated heterocycles. The minimum absolute atomic E-state index is 0.0855. The van der Waals surface area contributed by atoms with Crippen molar-refractivity contribution in [1.29, 1.82) is 0 Å². The van der Waals surface area contributed by atoms with Gasteiger partial charge in [-0.1, -0.05) is 0 Å². The van der Waals surface area contributed by atoms with Crippen molar-refractivity contribution in [2.24, 2.45) is 0 Å². The van der Waals surface area contributed by atoms with Gasteiger partial charge in [-0.2, -0.15) is 0 Å². The first kappa shape index (κ1) is 14.5. The van der Waals surface area contributed by atoms with E-state index in [4.69, 9.17) is 0 Å². The Bertz CT molecular complexity index is 245. The van der Waals surface area contributed by atoms with E-state index in [0.717, 1.165) is 32.5 Å². The molecule has 0 aliphatic carbocycles. The Morgan fingerprint density at radius 1 is 1.24 bits per heavy atom. The Balaban J connectivity index is 2.24. The summed E-state index contributed by atoms with van der Waals surface area (Å²) in [5.74, 6) is 0.249. The fourth-order valence-corrected chi connectivity index (χ4v) is 1.89. The Kier molecular flexibility index (Phi) is 5.40. The first-order valence-corrected chi connectivity index (χ1v) is 6.59. The van der Waals surface area contributed by atoms with Crippen molar-refractivity contribution < 1.29 is 4.79 Å². The molecule has 17 heavy (non-hydrogen) atoms. The molecule has 0 radical (unpaired) electrons. The van der Waals surface area contributed by atoms with E-state index in [-0.39, 0.29) is 11.4 Å². The second kappa shape index (κ2) is 6.36. The van der Waals surface area contributed by atoms with E-state index in [1.165, 1.54) is 6.42 Å². The van der Waals surface area contributed by atoms with Gasteiger partial charge in [-0.05, 0) is 47.2 Å². The van der Waals surface area contributed by atoms with Crippen LogP contribution in [0.2, 0.25) is 0 Å². The summed E-state index contributed by atoms with van der Waals surface area (Å²) in [6.07, 6.45) is 3.59. The number of likely N-dealkylation sites (tertiary alicyclic amines) is 1. The molecule has 0 aromatic rings. The third-order valence-corrected chi connectivity index (χ3v) is 3.75. The second-order valence-corrected chi connectivity index (χ2v) is 5.75. The van der Waals surface area contributed by atoms with Crippen LogP contribution in [0.5, 0.6) is 0 Å². The summed E-state index contributed by atoms with van der Waals surface area (Å²) in [6.45, 7) is 7.53. The number of nitrogens with zero attached hydrogens (tertiary/aromatic N) is 2. The lowest BCUT2D eigenvalue weighted by atomic mass is 10.0. The molecule has 1 heterocycles. The van der Waals surface area contributed by atoms with E-state index in [2.05, 4.69) is 38.2 Å². The molecule has 1 fully saturated rings. The van der Waals surface area contributed by atoms with Gasteiger partial charge in [0.2, 0.25) is 5.91 Å². The van der Waals surface area contributed by atoms with Crippen LogP contribution in [0.25, 0.3) is 0 Å². The fourth-order valence-electron chi connectivity index (χ4n) is 1.89. The summed E-state index contributed by atoms with van der Waals surface area (Å²) in [5.41, 5.74) is 0.0855. The summed E-state index contributed by atoms with van der Waals surface area (Å²) in [5, 5.41) is 3.27. The third-order valence-electron chi connectivity index (χ3n) is 3.75. The van der Waals surface area contributed by atoms with Crippen molar-refractivity contribution in [3.8, 4) is 0 Å². The zero-order valence-electron chi connectivity index (χ0n) is 11.8. The monoisotopic (exact) mass is 241 g/mol. The molecule has 1 aliphatic rings. The van der Waals surface area contributed by atoms with Crippen LogP contribution in [0.1, 0.15) is 33.1 Å². The number of amides is 1. The van der Waals surface area contributed by atoms with E-state index < -0.39 is 0 Å². The van der Waals surface area contributed by atoms with Crippen LogP contribution in [0.15, 0.2) is 0 Å². The van der Waals surface area contributed by atoms with Crippen molar-refractivity contribution >= 4 is 5.91 Å². The maximum absolute atomic E-state index is 11.9. The maximum atomic E-state index is 11.9. The molecule has 0 bridgehead atoms. The predicted molar refractivity (Wildman–Crippen MR) is 71.1 cm³/mol. The SMILES string of the molecule is CN(C)C(C)(C)CNCC(=O)N1CCCCC1. The topological polar surface area (TPSA) is 35.6 Å². The average Bonchev–Trinajstić information content (AvgIpc) is 2.29. The highest BCUT2D eigenvalue weighted by Crippen LogP contribution is 2.09. The Hall–Kier alpha value is -0.610. The van der Waals surface area contributed by atoms with E-state index in [1.54, 1.807) is 0 Å². The molecular weight excluding hydrogens is 214 g/mol. The number of likely N-dealkylation sites (N-methyl/N-ethyl adjacent to an activating group) is 1. The summed E-state index contributed by atoms with van der Waals surface area (Å²) >= 11 is 0. The van der Waals surface area contributed by atoms with Gasteiger partial charge in [0.1, 0.15) is 0 Å². The number of hydrogen-bond donors (Lipinski definition) is 1. The summed E-state index contributed by atoms with van der Waals surface area (Å²) in [6, 6.07) is 0. The van der Waals surface area contributed by atoms with Crippen LogP contribution in [0.3, 0.4) is 0 Å². The van der Waals surface area contributed by atoms with Gasteiger partial charge in [-0.25, -0.2) is 0 Å². The van der Waals surface area contributed by atoms with Crippen LogP contribution in [0, 0.1) is 0 Å². The van der Waals surface area contributed by atoms with Gasteiger partial charge in [-0.15, -0.1) is 0 Å². The largest absolute Gasteiger partial charge is 0.342 e. The fraction of sp³-hybridized carbons (Fsp3) is 0.923. The van der Waals surface area contributed by atoms with Crippen LogP contribution in [-0.4, -0.2) is 61.5 Å². The average molecular weight is 241 g/mol. The molecule has 0 aromatic carbocycles. The highest BCUT2D eigenvalue weighted by atomic mass is 16.2. The molecular formula is C13H27N3O. The zero-order chi connectivity index (χ0) is 12.9. The standard InChI is InChI=1S/C13H27N3O/c1-13(2,15(3)4)11-14-10-12(17)16-8-6-5-7-9-16/h14H,5-11H2,1-4H3. The number of nitrogens with one attached hydrogen (secondary N) is 1. The minimum Gasteiger partial charge on any atom is -0.342 e. The number of carbonyl (C=O) groups excluding carboxylic acids is 1. The van der Waals surface area contributed by atoms with Crippen LogP contribution in [-0.2, 0) is 4.79 Å². The summed E-state index contributed by atoms with van der Waals surface area (Å²) in [7, 11) is 4.13. The minimum atomic E-state index is 0.0855. The zero-order valence-corrected chi connectivity index (χ0v) is 11.8. The molecule has 0 saturated carbocycles. The van der Waals surface area contributed by atoms with Gasteiger partial charge in [0, 0.05) is 25.2 Å². The Labute approximate surface area is 105 Å². The number of piperidine rings is 1. The molecule has 0 aromatic heterocycles. The molecule has 4 heteroatoms. The van der Waals surface area contributed by atoms with Crippen molar-refractivity contribution in [2.75, 3.05) is 40.3 Å². The van der Waals surface area contributed by atoms with Gasteiger partial charge >= 0.3 is 0 Å². The first-order valence-electron chi connectivity index (χ1n) is 6.59. The van der Waals surface area contributed by atoms with E-state index >= 15 is 0 Å². The summed E-state index contributed by atoms with van der Waals surface area (Å²) in [4.78, 5) is 16.1. The van der Waals surface area contributed by atoms with Gasteiger partial charge < -0.3 is 15.1 Å². The molecule has 0 spiro atoms. The molecule has 1 amide bonds. The molecule has 0 unspecified atom stereocenters. The van der Waals surface area contributed by atoms with Crippen molar-refractivity contribution in [1.82, 2.24) is 15.1 Å². The van der Waals surface area contributed by atoms with Gasteiger partial charge in [-0.3, -0.25) is 4.79 Å². The number of carbonyl (C=O) groups is 1. The lowest BCUT2D eigenvalue weighted by Gasteiger charge is -2.33. The summed E-state index contributed by atoms with van der Waals surface area (Å²) < 4.78 is 0. The van der Waals surface area contributed by atoms with Gasteiger partial charge in [0.25, 0.3) is 0 Å². The quantitative estimate of drug-likeness (QED) is 0.778. The number of hydrogen-bond acceptors (Lipinski definition) is 3. The van der Waals surface area contributed by atoms with Gasteiger partial charge in [0.05, 0.1) is 6.54 Å². The van der Waals surface area contributed by atoms with Gasteiger partial charge in [0.15, 0.2) is 0 Å². The van der Waals surface area contributed by atoms with Crippen LogP contribution < -0.4 is 5.32 Å². The Morgan fingerprint density at radius 2 is 1.82 bits per heavy atom. The van der Waals surface area contributed by atoms with E-state index in [9.17, 15) is 4.79 Å². The maximum Gasteiger partial charge on any atom is 0.236 e. The van der Waals surface area contributed by atoms with Crippen LogP contribution in [0.4, 0.5) is 0 Å². The third kappa shape index (κ3) is 4.64. The van der Waals surface area contributed by atoms with Crippen molar-refractivity contribution in [3.05, 3.63) is 0 Å². The normalized spacial score (nSPS) is 17.6. The second-order valence-electron chi connectivity index (χ2n) is 5.75. The number of rotatable bonds is 5. The highest BCUT2D eigenvalue weighted by molar-refractivity contribution is 5.78. The molecule has 1 N–H and O–H groups in total. The molecule has 4 nitrogen and oxygen atoms in total. The van der Waals surface area contributed by atoms with E-state index in [0.29, 0.717) is 6.54 Å². The smallest absolute Gasteiger partial charge is 0.236 e. The highest BCUT2D eigenvalue weighted by Gasteiger charge is 2.21. The molecule has 1 rings (SSSR count). The molecule has 1 aliphatic heterocycles. The van der Waals surface area contributed by atoms with E-state index in [1.807, 2.05) is 4.90 Å². The molecule has 100 valence electrons. The predicted octanol–water partition coefficient (Wildman–Crippen LogP) is 0.929. The lowest BCUT2D eigenvalue weighted by Crippen LogP contribution is -2.49. The molecule has 0 atom stereocenters. The lowest BCUT2D eigenvalue weighted by molar-refractivity contribution is -0.131. The first-order chi connectivity index (χ1) is 7.93. The van der Waals surface area contributed by atoms with Crippen molar-refractivity contribution in [3.63, 3.8) is 0 Å². The van der Waals surface area contributed by atoms with Crippen LogP contribution >= 0.6 is 0 Å². The Morgan fingerprint density at radius 3 is 2.35 bits per heavy atom.